The van der Waals surface area contributed by atoms with E-state index in [0.29, 0.717) is 18.4 Å². The van der Waals surface area contributed by atoms with Gasteiger partial charge in [-0.25, -0.2) is 0 Å². The molecule has 1 N–H and O–H groups in total. The Bertz CT molecular complexity index is 592. The van der Waals surface area contributed by atoms with Crippen LogP contribution in [-0.4, -0.2) is 36.3 Å². The van der Waals surface area contributed by atoms with Crippen molar-refractivity contribution < 1.29 is 9.59 Å². The van der Waals surface area contributed by atoms with Gasteiger partial charge in [-0.15, -0.1) is 11.3 Å². The second-order valence-electron chi connectivity index (χ2n) is 6.55. The summed E-state index contributed by atoms with van der Waals surface area (Å²) in [7, 11) is 0. The van der Waals surface area contributed by atoms with E-state index in [1.165, 1.54) is 11.3 Å². The lowest BCUT2D eigenvalue weighted by molar-refractivity contribution is -0.136. The molecule has 1 aliphatic carbocycles. The number of hydrogen-bond acceptors (Lipinski definition) is 3. The van der Waals surface area contributed by atoms with Crippen LogP contribution < -0.4 is 5.32 Å². The van der Waals surface area contributed by atoms with Gasteiger partial charge in [0, 0.05) is 25.6 Å². The molecule has 1 aromatic heterocycles. The van der Waals surface area contributed by atoms with Crippen LogP contribution >= 0.6 is 11.3 Å². The molecule has 4 nitrogen and oxygen atoms in total. The first-order valence-corrected chi connectivity index (χ1v) is 9.29. The lowest BCUT2D eigenvalue weighted by Gasteiger charge is -2.33. The normalized spacial score (nSPS) is 19.3. The Morgan fingerprint density at radius 3 is 2.57 bits per heavy atom. The summed E-state index contributed by atoms with van der Waals surface area (Å²) in [6.07, 6.45) is 7.98. The highest BCUT2D eigenvalue weighted by Crippen LogP contribution is 2.24. The maximum Gasteiger partial charge on any atom is 0.261 e. The van der Waals surface area contributed by atoms with Crippen molar-refractivity contribution >= 4 is 23.2 Å². The second kappa shape index (κ2) is 7.30. The van der Waals surface area contributed by atoms with Gasteiger partial charge in [0.15, 0.2) is 0 Å². The molecule has 0 unspecified atom stereocenters. The third-order valence-electron chi connectivity index (χ3n) is 4.90. The Morgan fingerprint density at radius 2 is 1.96 bits per heavy atom. The number of aryl methyl sites for hydroxylation is 1. The zero-order valence-corrected chi connectivity index (χ0v) is 14.4. The summed E-state index contributed by atoms with van der Waals surface area (Å²) in [5, 5.41) is 5.00. The molecule has 0 saturated carbocycles. The van der Waals surface area contributed by atoms with Crippen molar-refractivity contribution in [3.8, 4) is 0 Å². The Labute approximate surface area is 141 Å². The fourth-order valence-electron chi connectivity index (χ4n) is 3.36. The number of carbonyl (C=O) groups is 2. The quantitative estimate of drug-likeness (QED) is 0.862. The maximum absolute atomic E-state index is 12.4. The summed E-state index contributed by atoms with van der Waals surface area (Å²) >= 11 is 1.49. The molecule has 3 rings (SSSR count). The van der Waals surface area contributed by atoms with Crippen molar-refractivity contribution in [1.29, 1.82) is 0 Å². The number of carbonyl (C=O) groups excluding carboxylic acids is 2. The van der Waals surface area contributed by atoms with Gasteiger partial charge in [-0.1, -0.05) is 12.2 Å². The van der Waals surface area contributed by atoms with E-state index in [2.05, 4.69) is 17.5 Å². The van der Waals surface area contributed by atoms with Crippen LogP contribution in [-0.2, 0) is 4.79 Å². The zero-order chi connectivity index (χ0) is 16.2. The summed E-state index contributed by atoms with van der Waals surface area (Å²) in [6, 6.07) is 1.97. The number of hydrogen-bond donors (Lipinski definition) is 1. The highest BCUT2D eigenvalue weighted by atomic mass is 32.1. The van der Waals surface area contributed by atoms with Gasteiger partial charge in [0.25, 0.3) is 5.91 Å². The van der Waals surface area contributed by atoms with Crippen molar-refractivity contribution in [2.24, 2.45) is 11.8 Å². The molecule has 1 saturated heterocycles. The lowest BCUT2D eigenvalue weighted by Crippen LogP contribution is -2.43. The summed E-state index contributed by atoms with van der Waals surface area (Å²) in [5.41, 5.74) is 1.04. The van der Waals surface area contributed by atoms with Gasteiger partial charge >= 0.3 is 0 Å². The molecule has 0 bridgehead atoms. The molecular weight excluding hydrogens is 308 g/mol. The van der Waals surface area contributed by atoms with Gasteiger partial charge in [-0.2, -0.15) is 0 Å². The van der Waals surface area contributed by atoms with Crippen LogP contribution in [0.5, 0.6) is 0 Å². The molecule has 1 aliphatic heterocycles. The van der Waals surface area contributed by atoms with E-state index in [0.717, 1.165) is 49.2 Å². The minimum Gasteiger partial charge on any atom is -0.351 e. The van der Waals surface area contributed by atoms with Crippen molar-refractivity contribution in [1.82, 2.24) is 10.2 Å². The minimum atomic E-state index is 0.0352. The molecule has 2 aliphatic rings. The largest absolute Gasteiger partial charge is 0.351 e. The first kappa shape index (κ1) is 16.2. The van der Waals surface area contributed by atoms with Crippen LogP contribution in [0, 0.1) is 18.8 Å². The van der Waals surface area contributed by atoms with Crippen LogP contribution in [0.4, 0.5) is 0 Å². The molecule has 0 radical (unpaired) electrons. The summed E-state index contributed by atoms with van der Waals surface area (Å²) in [4.78, 5) is 27.4. The molecule has 2 heterocycles. The molecule has 124 valence electrons. The van der Waals surface area contributed by atoms with E-state index in [1.807, 2.05) is 23.3 Å². The van der Waals surface area contributed by atoms with Crippen LogP contribution in [0.1, 0.15) is 40.9 Å². The smallest absolute Gasteiger partial charge is 0.261 e. The van der Waals surface area contributed by atoms with Crippen molar-refractivity contribution in [3.05, 3.63) is 34.0 Å². The summed E-state index contributed by atoms with van der Waals surface area (Å²) in [6.45, 7) is 4.33. The van der Waals surface area contributed by atoms with Gasteiger partial charge < -0.3 is 10.2 Å². The van der Waals surface area contributed by atoms with Crippen LogP contribution in [0.3, 0.4) is 0 Å². The Hall–Kier alpha value is -1.62. The molecule has 0 aromatic carbocycles. The monoisotopic (exact) mass is 332 g/mol. The zero-order valence-electron chi connectivity index (χ0n) is 13.6. The molecule has 2 amide bonds. The van der Waals surface area contributed by atoms with E-state index in [9.17, 15) is 9.59 Å². The summed E-state index contributed by atoms with van der Waals surface area (Å²) < 4.78 is 0. The predicted molar refractivity (Wildman–Crippen MR) is 92.6 cm³/mol. The maximum atomic E-state index is 12.4. The third-order valence-corrected chi connectivity index (χ3v) is 5.92. The number of amides is 2. The number of nitrogens with one attached hydrogen (secondary N) is 1. The first-order valence-electron chi connectivity index (χ1n) is 8.41. The van der Waals surface area contributed by atoms with E-state index in [1.54, 1.807) is 0 Å². The molecular formula is C18H24N2O2S. The SMILES string of the molecule is Cc1ccsc1C(=O)NCC1CCN(C(=O)C2CC=CC2)CC1. The van der Waals surface area contributed by atoms with Crippen molar-refractivity contribution in [3.63, 3.8) is 0 Å². The number of allylic oxidation sites excluding steroid dienone is 2. The predicted octanol–water partition coefficient (Wildman–Crippen LogP) is 2.99. The van der Waals surface area contributed by atoms with Gasteiger partial charge in [0.05, 0.1) is 4.88 Å². The number of likely N-dealkylation sites (tertiary alicyclic amines) is 1. The molecule has 5 heteroatoms. The molecule has 0 spiro atoms. The third kappa shape index (κ3) is 3.83. The Kier molecular flexibility index (Phi) is 5.16. The average molecular weight is 332 g/mol. The fraction of sp³-hybridized carbons (Fsp3) is 0.556. The standard InChI is InChI=1S/C18H24N2O2S/c1-13-8-11-23-16(13)17(21)19-12-14-6-9-20(10-7-14)18(22)15-4-2-3-5-15/h2-3,8,11,14-15H,4-7,9-10,12H2,1H3,(H,19,21). The number of nitrogens with zero attached hydrogens (tertiary/aromatic N) is 1. The fourth-order valence-corrected chi connectivity index (χ4v) is 4.20. The van der Waals surface area contributed by atoms with Crippen LogP contribution in [0.25, 0.3) is 0 Å². The Balaban J connectivity index is 1.42. The molecule has 1 aromatic rings. The molecule has 0 atom stereocenters. The second-order valence-corrected chi connectivity index (χ2v) is 7.47. The van der Waals surface area contributed by atoms with Gasteiger partial charge in [-0.05, 0) is 55.5 Å². The number of rotatable bonds is 4. The van der Waals surface area contributed by atoms with E-state index < -0.39 is 0 Å². The van der Waals surface area contributed by atoms with Gasteiger partial charge in [0.2, 0.25) is 5.91 Å². The van der Waals surface area contributed by atoms with Gasteiger partial charge in [-0.3, -0.25) is 9.59 Å². The van der Waals surface area contributed by atoms with Crippen molar-refractivity contribution in [2.45, 2.75) is 32.6 Å². The van der Waals surface area contributed by atoms with Crippen molar-refractivity contribution in [2.75, 3.05) is 19.6 Å². The Morgan fingerprint density at radius 1 is 1.26 bits per heavy atom. The van der Waals surface area contributed by atoms with Gasteiger partial charge in [0.1, 0.15) is 0 Å². The minimum absolute atomic E-state index is 0.0352. The topological polar surface area (TPSA) is 49.4 Å². The van der Waals surface area contributed by atoms with E-state index in [4.69, 9.17) is 0 Å². The highest BCUT2D eigenvalue weighted by molar-refractivity contribution is 7.12. The summed E-state index contributed by atoms with van der Waals surface area (Å²) in [5.74, 6) is 0.998. The highest BCUT2D eigenvalue weighted by Gasteiger charge is 2.28. The molecule has 23 heavy (non-hydrogen) atoms. The van der Waals surface area contributed by atoms with Crippen LogP contribution in [0.15, 0.2) is 23.6 Å². The lowest BCUT2D eigenvalue weighted by atomic mass is 9.95. The van der Waals surface area contributed by atoms with Crippen LogP contribution in [0.2, 0.25) is 0 Å². The molecule has 1 fully saturated rings. The first-order chi connectivity index (χ1) is 11.1. The van der Waals surface area contributed by atoms with E-state index >= 15 is 0 Å². The average Bonchev–Trinajstić information content (AvgIpc) is 3.24. The van der Waals surface area contributed by atoms with E-state index in [-0.39, 0.29) is 11.8 Å². The number of thiophene rings is 1. The number of piperidine rings is 1.